The molecule has 164 valence electrons. The van der Waals surface area contributed by atoms with Crippen molar-refractivity contribution in [3.63, 3.8) is 0 Å². The molecule has 1 aromatic heterocycles. The van der Waals surface area contributed by atoms with Crippen LogP contribution in [0.1, 0.15) is 29.2 Å². The number of amides is 1. The van der Waals surface area contributed by atoms with Crippen molar-refractivity contribution in [1.82, 2.24) is 4.98 Å². The fourth-order valence-corrected chi connectivity index (χ4v) is 4.51. The Kier molecular flexibility index (Phi) is 5.31. The Bertz CT molecular complexity index is 1370. The zero-order valence-corrected chi connectivity index (χ0v) is 18.3. The number of para-hydroxylation sites is 1. The van der Waals surface area contributed by atoms with Gasteiger partial charge in [0.1, 0.15) is 0 Å². The van der Waals surface area contributed by atoms with Crippen molar-refractivity contribution in [3.05, 3.63) is 113 Å². The molecule has 0 bridgehead atoms. The number of carbonyl (C=O) groups is 2. The van der Waals surface area contributed by atoms with Gasteiger partial charge in [0.2, 0.25) is 0 Å². The number of nitrogens with zero attached hydrogens (tertiary/aromatic N) is 1. The number of ketones is 1. The molecule has 33 heavy (non-hydrogen) atoms. The summed E-state index contributed by atoms with van der Waals surface area (Å²) in [5.74, 6) is -1.25. The number of aryl methyl sites for hydroxylation is 2. The average molecular weight is 437 g/mol. The minimum atomic E-state index is -0.709. The maximum Gasteiger partial charge on any atom is 0.294 e. The van der Waals surface area contributed by atoms with Gasteiger partial charge in [-0.3, -0.25) is 14.5 Å². The maximum absolute atomic E-state index is 13.4. The van der Waals surface area contributed by atoms with Crippen molar-refractivity contribution in [1.29, 1.82) is 0 Å². The smallest absolute Gasteiger partial charge is 0.294 e. The molecule has 0 aliphatic carbocycles. The number of aliphatic hydroxyl groups excluding tert-OH is 1. The van der Waals surface area contributed by atoms with Crippen LogP contribution in [0, 0.1) is 6.92 Å². The third-order valence-electron chi connectivity index (χ3n) is 6.22. The molecule has 5 nitrogen and oxygen atoms in total. The van der Waals surface area contributed by atoms with Crippen LogP contribution in [0.2, 0.25) is 0 Å². The van der Waals surface area contributed by atoms with Gasteiger partial charge < -0.3 is 10.1 Å². The van der Waals surface area contributed by atoms with E-state index >= 15 is 0 Å². The third kappa shape index (κ3) is 3.72. The predicted octanol–water partition coefficient (Wildman–Crippen LogP) is 5.58. The van der Waals surface area contributed by atoms with Gasteiger partial charge in [0.15, 0.2) is 11.5 Å². The summed E-state index contributed by atoms with van der Waals surface area (Å²) >= 11 is 0. The lowest BCUT2D eigenvalue weighted by molar-refractivity contribution is -0.118. The van der Waals surface area contributed by atoms with Crippen LogP contribution in [-0.4, -0.2) is 21.8 Å². The molecule has 2 heterocycles. The molecule has 1 unspecified atom stereocenters. The number of benzene rings is 3. The number of rotatable bonds is 6. The van der Waals surface area contributed by atoms with Gasteiger partial charge in [-0.25, -0.2) is 0 Å². The van der Waals surface area contributed by atoms with Crippen LogP contribution in [0.5, 0.6) is 0 Å². The summed E-state index contributed by atoms with van der Waals surface area (Å²) in [4.78, 5) is 31.5. The third-order valence-corrected chi connectivity index (χ3v) is 6.22. The summed E-state index contributed by atoms with van der Waals surface area (Å²) in [6.07, 6.45) is 2.57. The molecule has 3 aromatic carbocycles. The Hall–Kier alpha value is -4.12. The minimum absolute atomic E-state index is 0.154. The van der Waals surface area contributed by atoms with Crippen molar-refractivity contribution < 1.29 is 14.7 Å². The molecule has 5 heteroatoms. The van der Waals surface area contributed by atoms with Crippen molar-refractivity contribution in [2.45, 2.75) is 25.8 Å². The molecule has 0 radical (unpaired) electrons. The van der Waals surface area contributed by atoms with Crippen LogP contribution >= 0.6 is 0 Å². The van der Waals surface area contributed by atoms with Crippen LogP contribution < -0.4 is 4.90 Å². The lowest BCUT2D eigenvalue weighted by Crippen LogP contribution is -2.31. The zero-order valence-electron chi connectivity index (χ0n) is 18.3. The number of H-pyrrole nitrogens is 1. The molecule has 2 N–H and O–H groups in total. The molecule has 4 aromatic rings. The Labute approximate surface area is 192 Å². The van der Waals surface area contributed by atoms with E-state index in [2.05, 4.69) is 4.98 Å². The highest BCUT2D eigenvalue weighted by molar-refractivity contribution is 6.17. The van der Waals surface area contributed by atoms with Crippen molar-refractivity contribution >= 4 is 28.3 Å². The fourth-order valence-electron chi connectivity index (χ4n) is 4.51. The number of hydrogen-bond acceptors (Lipinski definition) is 3. The SMILES string of the molecule is Cc1ccc(N2C(=O)C(O)=C(C(=O)CCc3ccccc3)C2c2c[nH]c3ccccc23)cc1. The Morgan fingerprint density at radius 2 is 1.67 bits per heavy atom. The molecule has 1 atom stereocenters. The lowest BCUT2D eigenvalue weighted by atomic mass is 9.92. The molecule has 5 rings (SSSR count). The molecule has 0 saturated carbocycles. The standard InChI is InChI=1S/C28H24N2O3/c1-18-11-14-20(15-12-18)30-26(22-17-29-23-10-6-5-9-21(22)23)25(27(32)28(30)33)24(31)16-13-19-7-3-2-4-8-19/h2-12,14-15,17,26,29,32H,13,16H2,1H3. The number of carbonyl (C=O) groups excluding carboxylic acids is 2. The molecular weight excluding hydrogens is 412 g/mol. The first kappa shape index (κ1) is 20.8. The number of nitrogens with one attached hydrogen (secondary N) is 1. The number of aromatic amines is 1. The fraction of sp³-hybridized carbons (Fsp3) is 0.143. The Morgan fingerprint density at radius 1 is 0.970 bits per heavy atom. The maximum atomic E-state index is 13.4. The largest absolute Gasteiger partial charge is 0.503 e. The number of Topliss-reactive ketones (excluding diaryl/α,β-unsaturated/α-hetero) is 1. The number of aromatic nitrogens is 1. The number of fused-ring (bicyclic) bond motifs is 1. The van der Waals surface area contributed by atoms with Crippen LogP contribution in [0.4, 0.5) is 5.69 Å². The molecule has 1 aliphatic rings. The summed E-state index contributed by atoms with van der Waals surface area (Å²) in [5.41, 5.74) is 4.58. The minimum Gasteiger partial charge on any atom is -0.503 e. The molecule has 0 fully saturated rings. The van der Waals surface area contributed by atoms with E-state index in [1.165, 1.54) is 4.90 Å². The van der Waals surface area contributed by atoms with Gasteiger partial charge >= 0.3 is 0 Å². The average Bonchev–Trinajstić information content (AvgIpc) is 3.37. The van der Waals surface area contributed by atoms with Crippen molar-refractivity contribution in [2.75, 3.05) is 4.90 Å². The van der Waals surface area contributed by atoms with E-state index in [0.29, 0.717) is 12.1 Å². The molecule has 0 spiro atoms. The second kappa shape index (κ2) is 8.43. The monoisotopic (exact) mass is 436 g/mol. The number of aliphatic hydroxyl groups is 1. The van der Waals surface area contributed by atoms with Gasteiger partial charge in [-0.1, -0.05) is 66.2 Å². The predicted molar refractivity (Wildman–Crippen MR) is 129 cm³/mol. The lowest BCUT2D eigenvalue weighted by Gasteiger charge is -2.26. The summed E-state index contributed by atoms with van der Waals surface area (Å²) < 4.78 is 0. The van der Waals surface area contributed by atoms with Crippen LogP contribution in [0.3, 0.4) is 0 Å². The van der Waals surface area contributed by atoms with Crippen LogP contribution in [0.15, 0.2) is 96.4 Å². The van der Waals surface area contributed by atoms with E-state index in [0.717, 1.165) is 27.6 Å². The van der Waals surface area contributed by atoms with E-state index in [1.54, 1.807) is 0 Å². The van der Waals surface area contributed by atoms with Crippen molar-refractivity contribution in [2.24, 2.45) is 0 Å². The highest BCUT2D eigenvalue weighted by Crippen LogP contribution is 2.43. The van der Waals surface area contributed by atoms with Gasteiger partial charge in [-0.05, 0) is 37.1 Å². The molecular formula is C28H24N2O3. The summed E-state index contributed by atoms with van der Waals surface area (Å²) in [7, 11) is 0. The first-order chi connectivity index (χ1) is 16.0. The van der Waals surface area contributed by atoms with E-state index in [1.807, 2.05) is 92.0 Å². The van der Waals surface area contributed by atoms with Gasteiger partial charge in [0.25, 0.3) is 5.91 Å². The quantitative estimate of drug-likeness (QED) is 0.414. The normalized spacial score (nSPS) is 16.1. The Balaban J connectivity index is 1.58. The first-order valence-electron chi connectivity index (χ1n) is 11.0. The first-order valence-corrected chi connectivity index (χ1v) is 11.0. The van der Waals surface area contributed by atoms with Gasteiger partial charge in [-0.2, -0.15) is 0 Å². The summed E-state index contributed by atoms with van der Waals surface area (Å²) in [6, 6.07) is 24.3. The molecule has 1 aliphatic heterocycles. The van der Waals surface area contributed by atoms with E-state index in [-0.39, 0.29) is 17.8 Å². The molecule has 1 amide bonds. The van der Waals surface area contributed by atoms with E-state index in [4.69, 9.17) is 0 Å². The number of hydrogen-bond donors (Lipinski definition) is 2. The van der Waals surface area contributed by atoms with Gasteiger partial charge in [-0.15, -0.1) is 0 Å². The van der Waals surface area contributed by atoms with Crippen LogP contribution in [0.25, 0.3) is 10.9 Å². The van der Waals surface area contributed by atoms with Gasteiger partial charge in [0.05, 0.1) is 11.6 Å². The summed E-state index contributed by atoms with van der Waals surface area (Å²) in [5, 5.41) is 11.8. The highest BCUT2D eigenvalue weighted by Gasteiger charge is 2.44. The van der Waals surface area contributed by atoms with E-state index < -0.39 is 17.7 Å². The topological polar surface area (TPSA) is 73.4 Å². The highest BCUT2D eigenvalue weighted by atomic mass is 16.3. The van der Waals surface area contributed by atoms with E-state index in [9.17, 15) is 14.7 Å². The second-order valence-electron chi connectivity index (χ2n) is 8.37. The molecule has 0 saturated heterocycles. The summed E-state index contributed by atoms with van der Waals surface area (Å²) in [6.45, 7) is 1.97. The zero-order chi connectivity index (χ0) is 22.9. The van der Waals surface area contributed by atoms with Crippen molar-refractivity contribution in [3.8, 4) is 0 Å². The Morgan fingerprint density at radius 3 is 2.42 bits per heavy atom. The second-order valence-corrected chi connectivity index (χ2v) is 8.37. The van der Waals surface area contributed by atoms with Gasteiger partial charge in [0, 0.05) is 34.8 Å². The number of anilines is 1. The van der Waals surface area contributed by atoms with Crippen LogP contribution in [-0.2, 0) is 16.0 Å².